The molecule has 0 saturated heterocycles. The van der Waals surface area contributed by atoms with Gasteiger partial charge in [0, 0.05) is 23.9 Å². The Morgan fingerprint density at radius 1 is 1.40 bits per heavy atom. The van der Waals surface area contributed by atoms with E-state index in [0.29, 0.717) is 6.54 Å². The van der Waals surface area contributed by atoms with E-state index >= 15 is 0 Å². The van der Waals surface area contributed by atoms with Gasteiger partial charge in [0.1, 0.15) is 0 Å². The van der Waals surface area contributed by atoms with E-state index in [2.05, 4.69) is 20.7 Å². The molecule has 0 aliphatic heterocycles. The van der Waals surface area contributed by atoms with E-state index in [-0.39, 0.29) is 0 Å². The van der Waals surface area contributed by atoms with Crippen molar-refractivity contribution >= 4 is 0 Å². The van der Waals surface area contributed by atoms with Crippen LogP contribution in [0.4, 0.5) is 0 Å². The van der Waals surface area contributed by atoms with Crippen LogP contribution in [0.1, 0.15) is 22.7 Å². The molecule has 2 heterocycles. The van der Waals surface area contributed by atoms with Crippen LogP contribution in [0.5, 0.6) is 0 Å². The molecule has 80 valence electrons. The zero-order valence-electron chi connectivity index (χ0n) is 8.87. The quantitative estimate of drug-likeness (QED) is 0.791. The molecule has 0 aliphatic rings. The largest absolute Gasteiger partial charge is 0.360 e. The van der Waals surface area contributed by atoms with Gasteiger partial charge >= 0.3 is 0 Å². The van der Waals surface area contributed by atoms with E-state index in [9.17, 15) is 0 Å². The number of nitrogens with one attached hydrogen (secondary N) is 2. The predicted molar refractivity (Wildman–Crippen MR) is 55.1 cm³/mol. The van der Waals surface area contributed by atoms with Crippen molar-refractivity contribution in [3.05, 3.63) is 35.0 Å². The van der Waals surface area contributed by atoms with Crippen molar-refractivity contribution in [2.45, 2.75) is 26.9 Å². The number of hydrogen-bond acceptors (Lipinski definition) is 4. The lowest BCUT2D eigenvalue weighted by atomic mass is 10.2. The van der Waals surface area contributed by atoms with E-state index in [1.807, 2.05) is 26.1 Å². The smallest absolute Gasteiger partial charge is 0.150 e. The van der Waals surface area contributed by atoms with Crippen LogP contribution in [0.3, 0.4) is 0 Å². The highest BCUT2D eigenvalue weighted by molar-refractivity contribution is 5.14. The first-order chi connectivity index (χ1) is 7.25. The van der Waals surface area contributed by atoms with Crippen LogP contribution in [-0.4, -0.2) is 15.4 Å². The maximum Gasteiger partial charge on any atom is 0.150 e. The molecule has 0 fully saturated rings. The minimum absolute atomic E-state index is 0.686. The summed E-state index contributed by atoms with van der Waals surface area (Å²) in [6, 6.07) is 1.93. The summed E-state index contributed by atoms with van der Waals surface area (Å²) in [6.45, 7) is 5.38. The Balaban J connectivity index is 1.83. The molecule has 2 aromatic rings. The number of aromatic nitrogens is 3. The number of H-pyrrole nitrogens is 1. The SMILES string of the molecule is Cc1cc(CNCc2cn[nH]c2C)on1. The van der Waals surface area contributed by atoms with Crippen molar-refractivity contribution in [2.24, 2.45) is 0 Å². The summed E-state index contributed by atoms with van der Waals surface area (Å²) in [5.74, 6) is 0.855. The molecule has 2 rings (SSSR count). The highest BCUT2D eigenvalue weighted by atomic mass is 16.5. The van der Waals surface area contributed by atoms with Crippen molar-refractivity contribution < 1.29 is 4.52 Å². The minimum atomic E-state index is 0.686. The van der Waals surface area contributed by atoms with Crippen LogP contribution < -0.4 is 5.32 Å². The zero-order chi connectivity index (χ0) is 10.7. The van der Waals surface area contributed by atoms with Gasteiger partial charge in [-0.15, -0.1) is 0 Å². The first kappa shape index (κ1) is 9.92. The van der Waals surface area contributed by atoms with Crippen LogP contribution in [0.25, 0.3) is 0 Å². The lowest BCUT2D eigenvalue weighted by Gasteiger charge is -2.00. The molecule has 0 aliphatic carbocycles. The van der Waals surface area contributed by atoms with E-state index in [0.717, 1.165) is 23.7 Å². The average molecular weight is 206 g/mol. The Morgan fingerprint density at radius 2 is 2.27 bits per heavy atom. The molecule has 0 saturated carbocycles. The van der Waals surface area contributed by atoms with Crippen molar-refractivity contribution in [3.8, 4) is 0 Å². The molecule has 5 nitrogen and oxygen atoms in total. The third kappa shape index (κ3) is 2.44. The average Bonchev–Trinajstić information content (AvgIpc) is 2.77. The zero-order valence-corrected chi connectivity index (χ0v) is 8.87. The van der Waals surface area contributed by atoms with E-state index in [1.54, 1.807) is 0 Å². The van der Waals surface area contributed by atoms with Crippen LogP contribution in [0.2, 0.25) is 0 Å². The van der Waals surface area contributed by atoms with Crippen LogP contribution >= 0.6 is 0 Å². The third-order valence-corrected chi connectivity index (χ3v) is 2.23. The van der Waals surface area contributed by atoms with E-state index in [1.165, 1.54) is 5.56 Å². The number of aromatic amines is 1. The Kier molecular flexibility index (Phi) is 2.82. The maximum absolute atomic E-state index is 5.08. The topological polar surface area (TPSA) is 66.7 Å². The van der Waals surface area contributed by atoms with Gasteiger partial charge in [-0.3, -0.25) is 5.10 Å². The van der Waals surface area contributed by atoms with Crippen molar-refractivity contribution in [1.82, 2.24) is 20.7 Å². The second-order valence-corrected chi connectivity index (χ2v) is 3.56. The minimum Gasteiger partial charge on any atom is -0.360 e. The van der Waals surface area contributed by atoms with Gasteiger partial charge in [0.25, 0.3) is 0 Å². The second kappa shape index (κ2) is 4.27. The van der Waals surface area contributed by atoms with E-state index < -0.39 is 0 Å². The summed E-state index contributed by atoms with van der Waals surface area (Å²) in [5, 5.41) is 13.9. The lowest BCUT2D eigenvalue weighted by Crippen LogP contribution is -2.12. The van der Waals surface area contributed by atoms with Crippen molar-refractivity contribution in [2.75, 3.05) is 0 Å². The Labute approximate surface area is 87.9 Å². The van der Waals surface area contributed by atoms with Gasteiger partial charge in [-0.1, -0.05) is 5.16 Å². The first-order valence-electron chi connectivity index (χ1n) is 4.87. The monoisotopic (exact) mass is 206 g/mol. The van der Waals surface area contributed by atoms with Crippen molar-refractivity contribution in [3.63, 3.8) is 0 Å². The molecule has 15 heavy (non-hydrogen) atoms. The molecule has 0 unspecified atom stereocenters. The molecule has 0 amide bonds. The van der Waals surface area contributed by atoms with Crippen LogP contribution in [0, 0.1) is 13.8 Å². The Hall–Kier alpha value is -1.62. The first-order valence-corrected chi connectivity index (χ1v) is 4.87. The van der Waals surface area contributed by atoms with Gasteiger partial charge in [-0.2, -0.15) is 5.10 Å². The van der Waals surface area contributed by atoms with Crippen molar-refractivity contribution in [1.29, 1.82) is 0 Å². The summed E-state index contributed by atoms with van der Waals surface area (Å²) in [5.41, 5.74) is 3.17. The molecular formula is C10H14N4O. The predicted octanol–water partition coefficient (Wildman–Crippen LogP) is 1.30. The van der Waals surface area contributed by atoms with Crippen LogP contribution in [0.15, 0.2) is 16.8 Å². The summed E-state index contributed by atoms with van der Waals surface area (Å²) >= 11 is 0. The van der Waals surface area contributed by atoms with E-state index in [4.69, 9.17) is 4.52 Å². The number of nitrogens with zero attached hydrogens (tertiary/aromatic N) is 2. The standard InChI is InChI=1S/C10H14N4O/c1-7-3-10(15-14-7)6-11-4-9-5-12-13-8(9)2/h3,5,11H,4,6H2,1-2H3,(H,12,13). The molecule has 0 bridgehead atoms. The summed E-state index contributed by atoms with van der Waals surface area (Å²) in [4.78, 5) is 0. The maximum atomic E-state index is 5.08. The Morgan fingerprint density at radius 3 is 2.87 bits per heavy atom. The summed E-state index contributed by atoms with van der Waals surface area (Å²) < 4.78 is 5.08. The fourth-order valence-corrected chi connectivity index (χ4v) is 1.37. The highest BCUT2D eigenvalue weighted by Crippen LogP contribution is 2.04. The molecule has 5 heteroatoms. The second-order valence-electron chi connectivity index (χ2n) is 3.56. The molecule has 2 aromatic heterocycles. The molecule has 0 aromatic carbocycles. The molecule has 0 atom stereocenters. The molecular weight excluding hydrogens is 192 g/mol. The number of aryl methyl sites for hydroxylation is 2. The summed E-state index contributed by atoms with van der Waals surface area (Å²) in [6.07, 6.45) is 1.83. The van der Waals surface area contributed by atoms with Gasteiger partial charge in [0.2, 0.25) is 0 Å². The number of rotatable bonds is 4. The Bertz CT molecular complexity index is 432. The fourth-order valence-electron chi connectivity index (χ4n) is 1.37. The van der Waals surface area contributed by atoms with Gasteiger partial charge in [-0.05, 0) is 13.8 Å². The van der Waals surface area contributed by atoms with Gasteiger partial charge < -0.3 is 9.84 Å². The van der Waals surface area contributed by atoms with Crippen LogP contribution in [-0.2, 0) is 13.1 Å². The lowest BCUT2D eigenvalue weighted by molar-refractivity contribution is 0.369. The highest BCUT2D eigenvalue weighted by Gasteiger charge is 2.02. The third-order valence-electron chi connectivity index (χ3n) is 2.23. The molecule has 2 N–H and O–H groups in total. The number of hydrogen-bond donors (Lipinski definition) is 2. The van der Waals surface area contributed by atoms with Gasteiger partial charge in [-0.25, -0.2) is 0 Å². The summed E-state index contributed by atoms with van der Waals surface area (Å²) in [7, 11) is 0. The molecule has 0 radical (unpaired) electrons. The normalized spacial score (nSPS) is 10.8. The van der Waals surface area contributed by atoms with Gasteiger partial charge in [0.15, 0.2) is 5.76 Å². The fraction of sp³-hybridized carbons (Fsp3) is 0.400. The van der Waals surface area contributed by atoms with Gasteiger partial charge in [0.05, 0.1) is 18.4 Å². The molecule has 0 spiro atoms.